The predicted molar refractivity (Wildman–Crippen MR) is 143 cm³/mol. The molecule has 0 spiro atoms. The summed E-state index contributed by atoms with van der Waals surface area (Å²) in [5.41, 5.74) is 1.46. The smallest absolute Gasteiger partial charge is 0.244 e. The van der Waals surface area contributed by atoms with Crippen LogP contribution in [0.1, 0.15) is 38.2 Å². The highest BCUT2D eigenvalue weighted by Gasteiger charge is 2.31. The van der Waals surface area contributed by atoms with Crippen molar-refractivity contribution in [1.29, 1.82) is 0 Å². The monoisotopic (exact) mass is 597 g/mol. The highest BCUT2D eigenvalue weighted by molar-refractivity contribution is 14.1. The molecule has 1 aliphatic carbocycles. The minimum atomic E-state index is -3.71. The third-order valence-corrected chi connectivity index (χ3v) is 8.01. The lowest BCUT2D eigenvalue weighted by Crippen LogP contribution is -2.53. The molecule has 0 aliphatic heterocycles. The molecule has 2 amide bonds. The molecule has 34 heavy (non-hydrogen) atoms. The van der Waals surface area contributed by atoms with E-state index in [-0.39, 0.29) is 18.5 Å². The Kier molecular flexibility index (Phi) is 9.35. The van der Waals surface area contributed by atoms with Crippen molar-refractivity contribution < 1.29 is 18.0 Å². The fourth-order valence-corrected chi connectivity index (χ4v) is 5.39. The zero-order valence-electron chi connectivity index (χ0n) is 19.6. The molecule has 0 saturated heterocycles. The molecule has 1 unspecified atom stereocenters. The highest BCUT2D eigenvalue weighted by Crippen LogP contribution is 2.21. The molecule has 3 rings (SSSR count). The second kappa shape index (κ2) is 12.0. The lowest BCUT2D eigenvalue weighted by atomic mass is 10.1. The molecule has 0 radical (unpaired) electrons. The van der Waals surface area contributed by atoms with Crippen LogP contribution < -0.4 is 9.62 Å². The minimum absolute atomic E-state index is 0.139. The van der Waals surface area contributed by atoms with Gasteiger partial charge >= 0.3 is 0 Å². The Bertz CT molecular complexity index is 1070. The van der Waals surface area contributed by atoms with Crippen LogP contribution in [0.25, 0.3) is 0 Å². The van der Waals surface area contributed by atoms with Crippen molar-refractivity contribution in [3.05, 3.63) is 63.7 Å². The van der Waals surface area contributed by atoms with E-state index in [1.54, 1.807) is 31.2 Å². The number of hydrogen-bond acceptors (Lipinski definition) is 4. The Labute approximate surface area is 216 Å². The Hall–Kier alpha value is -2.14. The summed E-state index contributed by atoms with van der Waals surface area (Å²) >= 11 is 2.14. The van der Waals surface area contributed by atoms with E-state index in [1.165, 1.54) is 4.90 Å². The third-order valence-electron chi connectivity index (χ3n) is 6.15. The van der Waals surface area contributed by atoms with Crippen LogP contribution in [-0.2, 0) is 26.0 Å². The number of nitrogens with one attached hydrogen (secondary N) is 1. The molecule has 1 aliphatic rings. The summed E-state index contributed by atoms with van der Waals surface area (Å²) in [6.07, 6.45) is 5.74. The average Bonchev–Trinajstić information content (AvgIpc) is 3.31. The highest BCUT2D eigenvalue weighted by atomic mass is 127. The number of nitrogens with zero attached hydrogens (tertiary/aromatic N) is 2. The fourth-order valence-electron chi connectivity index (χ4n) is 4.18. The van der Waals surface area contributed by atoms with Gasteiger partial charge in [0.15, 0.2) is 0 Å². The molecular weight excluding hydrogens is 565 g/mol. The molecular formula is C25H32IN3O4S. The van der Waals surface area contributed by atoms with Crippen LogP contribution in [0.3, 0.4) is 0 Å². The van der Waals surface area contributed by atoms with Gasteiger partial charge in [-0.25, -0.2) is 8.42 Å². The van der Waals surface area contributed by atoms with Gasteiger partial charge in [0.05, 0.1) is 11.9 Å². The number of hydrogen-bond donors (Lipinski definition) is 1. The summed E-state index contributed by atoms with van der Waals surface area (Å²) < 4.78 is 27.2. The quantitative estimate of drug-likeness (QED) is 0.425. The number of sulfonamides is 1. The normalized spacial score (nSPS) is 15.0. The van der Waals surface area contributed by atoms with Crippen molar-refractivity contribution in [1.82, 2.24) is 10.2 Å². The number of halogens is 1. The lowest BCUT2D eigenvalue weighted by Gasteiger charge is -2.32. The van der Waals surface area contributed by atoms with Crippen LogP contribution in [-0.4, -0.2) is 56.6 Å². The molecule has 9 heteroatoms. The second-order valence-corrected chi connectivity index (χ2v) is 11.9. The molecule has 184 valence electrons. The van der Waals surface area contributed by atoms with Crippen molar-refractivity contribution in [3.8, 4) is 0 Å². The van der Waals surface area contributed by atoms with E-state index in [1.807, 2.05) is 30.3 Å². The van der Waals surface area contributed by atoms with E-state index in [2.05, 4.69) is 27.9 Å². The van der Waals surface area contributed by atoms with Crippen LogP contribution >= 0.6 is 22.6 Å². The fraction of sp³-hybridized carbons (Fsp3) is 0.440. The topological polar surface area (TPSA) is 86.8 Å². The summed E-state index contributed by atoms with van der Waals surface area (Å²) in [5.74, 6) is -0.609. The maximum absolute atomic E-state index is 13.5. The second-order valence-electron chi connectivity index (χ2n) is 8.73. The Balaban J connectivity index is 1.81. The Morgan fingerprint density at radius 2 is 1.68 bits per heavy atom. The van der Waals surface area contributed by atoms with Gasteiger partial charge in [-0.3, -0.25) is 13.9 Å². The van der Waals surface area contributed by atoms with E-state index in [4.69, 9.17) is 0 Å². The average molecular weight is 598 g/mol. The molecule has 1 fully saturated rings. The Morgan fingerprint density at radius 1 is 1.06 bits per heavy atom. The Morgan fingerprint density at radius 3 is 2.26 bits per heavy atom. The molecule has 1 saturated carbocycles. The van der Waals surface area contributed by atoms with Crippen LogP contribution in [0.4, 0.5) is 5.69 Å². The summed E-state index contributed by atoms with van der Waals surface area (Å²) in [5, 5.41) is 3.07. The first-order valence-corrected chi connectivity index (χ1v) is 14.4. The molecule has 2 aromatic carbocycles. The summed E-state index contributed by atoms with van der Waals surface area (Å²) in [6.45, 7) is 1.66. The van der Waals surface area contributed by atoms with Gasteiger partial charge in [-0.05, 0) is 78.6 Å². The first-order valence-electron chi connectivity index (χ1n) is 11.5. The van der Waals surface area contributed by atoms with Crippen LogP contribution in [0.2, 0.25) is 0 Å². The van der Waals surface area contributed by atoms with Gasteiger partial charge in [-0.15, -0.1) is 0 Å². The van der Waals surface area contributed by atoms with Gasteiger partial charge in [0.25, 0.3) is 0 Å². The molecule has 1 atom stereocenters. The maximum atomic E-state index is 13.5. The van der Waals surface area contributed by atoms with E-state index >= 15 is 0 Å². The minimum Gasteiger partial charge on any atom is -0.352 e. The molecule has 7 nitrogen and oxygen atoms in total. The molecule has 0 heterocycles. The van der Waals surface area contributed by atoms with Crippen LogP contribution in [0.5, 0.6) is 0 Å². The van der Waals surface area contributed by atoms with Gasteiger partial charge in [0.1, 0.15) is 12.6 Å². The first kappa shape index (κ1) is 26.5. The van der Waals surface area contributed by atoms with E-state index in [0.29, 0.717) is 18.7 Å². The molecule has 0 aromatic heterocycles. The largest absolute Gasteiger partial charge is 0.352 e. The van der Waals surface area contributed by atoms with Crippen LogP contribution in [0, 0.1) is 3.57 Å². The molecule has 0 bridgehead atoms. The molecule has 1 N–H and O–H groups in total. The maximum Gasteiger partial charge on any atom is 0.244 e. The predicted octanol–water partition coefficient (Wildman–Crippen LogP) is 3.58. The number of anilines is 1. The van der Waals surface area contributed by atoms with Crippen molar-refractivity contribution in [2.75, 3.05) is 23.7 Å². The van der Waals surface area contributed by atoms with Crippen molar-refractivity contribution >= 4 is 50.1 Å². The SMILES string of the molecule is CC(C(=O)NC1CCCC1)N(CCc1ccccc1)C(=O)CN(c1ccc(I)cc1)S(C)(=O)=O. The number of carbonyl (C=O) groups is 2. The lowest BCUT2D eigenvalue weighted by molar-refractivity contribution is -0.139. The van der Waals surface area contributed by atoms with Crippen molar-refractivity contribution in [2.24, 2.45) is 0 Å². The summed E-state index contributed by atoms with van der Waals surface area (Å²) in [6, 6.07) is 16.1. The van der Waals surface area contributed by atoms with Crippen molar-refractivity contribution in [2.45, 2.75) is 51.1 Å². The van der Waals surface area contributed by atoms with Gasteiger partial charge in [-0.1, -0.05) is 43.2 Å². The zero-order valence-corrected chi connectivity index (χ0v) is 22.6. The van der Waals surface area contributed by atoms with Gasteiger partial charge < -0.3 is 10.2 Å². The summed E-state index contributed by atoms with van der Waals surface area (Å²) in [7, 11) is -3.71. The number of rotatable bonds is 10. The number of carbonyl (C=O) groups excluding carboxylic acids is 2. The van der Waals surface area contributed by atoms with E-state index in [9.17, 15) is 18.0 Å². The third kappa shape index (κ3) is 7.43. The van der Waals surface area contributed by atoms with E-state index in [0.717, 1.165) is 45.4 Å². The van der Waals surface area contributed by atoms with Crippen LogP contribution in [0.15, 0.2) is 54.6 Å². The summed E-state index contributed by atoms with van der Waals surface area (Å²) in [4.78, 5) is 28.0. The van der Waals surface area contributed by atoms with Crippen molar-refractivity contribution in [3.63, 3.8) is 0 Å². The first-order chi connectivity index (χ1) is 16.1. The zero-order chi connectivity index (χ0) is 24.7. The standard InChI is InChI=1S/C25H32IN3O4S/c1-19(25(31)27-22-10-6-7-11-22)28(17-16-20-8-4-3-5-9-20)24(30)18-29(34(2,32)33)23-14-12-21(26)13-15-23/h3-5,8-9,12-15,19,22H,6-7,10-11,16-18H2,1-2H3,(H,27,31). The van der Waals surface area contributed by atoms with Gasteiger partial charge in [-0.2, -0.15) is 0 Å². The number of amides is 2. The van der Waals surface area contributed by atoms with Gasteiger partial charge in [0, 0.05) is 16.2 Å². The number of benzene rings is 2. The van der Waals surface area contributed by atoms with E-state index < -0.39 is 22.0 Å². The molecule has 2 aromatic rings. The van der Waals surface area contributed by atoms with Gasteiger partial charge in [0.2, 0.25) is 21.8 Å².